The van der Waals surface area contributed by atoms with Crippen LogP contribution in [0.4, 0.5) is 0 Å². The summed E-state index contributed by atoms with van der Waals surface area (Å²) >= 11 is 1.96. The van der Waals surface area contributed by atoms with Crippen LogP contribution in [0.3, 0.4) is 0 Å². The van der Waals surface area contributed by atoms with E-state index < -0.39 is 0 Å². The summed E-state index contributed by atoms with van der Waals surface area (Å²) in [5.41, 5.74) is 1.50. The van der Waals surface area contributed by atoms with E-state index in [4.69, 9.17) is 0 Å². The van der Waals surface area contributed by atoms with Crippen LogP contribution < -0.4 is 5.32 Å². The van der Waals surface area contributed by atoms with Crippen LogP contribution in [-0.2, 0) is 0 Å². The minimum Gasteiger partial charge on any atom is -0.314 e. The van der Waals surface area contributed by atoms with Gasteiger partial charge in [-0.25, -0.2) is 0 Å². The third kappa shape index (κ3) is 2.04. The van der Waals surface area contributed by atoms with Gasteiger partial charge >= 0.3 is 0 Å². The first-order chi connectivity index (χ1) is 7.86. The SMILES string of the molecule is Cc1ccsc1[C@H](C1CC1)N1CCNCC1. The molecule has 2 nitrogen and oxygen atoms in total. The number of thiophene rings is 1. The molecule has 1 aliphatic heterocycles. The lowest BCUT2D eigenvalue weighted by molar-refractivity contribution is 0.158. The molecule has 0 bridgehead atoms. The first kappa shape index (κ1) is 10.8. The van der Waals surface area contributed by atoms with E-state index in [0.717, 1.165) is 25.0 Å². The fourth-order valence-corrected chi connectivity index (χ4v) is 3.89. The molecule has 2 heterocycles. The van der Waals surface area contributed by atoms with Gasteiger partial charge in [-0.1, -0.05) is 0 Å². The second-order valence-electron chi connectivity index (χ2n) is 5.04. The molecule has 3 rings (SSSR count). The Labute approximate surface area is 102 Å². The third-order valence-electron chi connectivity index (χ3n) is 3.78. The average molecular weight is 236 g/mol. The molecular formula is C13H20N2S. The van der Waals surface area contributed by atoms with Crippen molar-refractivity contribution in [2.75, 3.05) is 26.2 Å². The number of piperazine rings is 1. The van der Waals surface area contributed by atoms with Gasteiger partial charge in [-0.15, -0.1) is 11.3 Å². The van der Waals surface area contributed by atoms with Crippen molar-refractivity contribution in [1.82, 2.24) is 10.2 Å². The third-order valence-corrected chi connectivity index (χ3v) is 4.87. The van der Waals surface area contributed by atoms with E-state index in [1.165, 1.54) is 31.5 Å². The summed E-state index contributed by atoms with van der Waals surface area (Å²) < 4.78 is 0. The molecule has 1 atom stereocenters. The van der Waals surface area contributed by atoms with Gasteiger partial charge in [0, 0.05) is 37.1 Å². The van der Waals surface area contributed by atoms with E-state index in [-0.39, 0.29) is 0 Å². The van der Waals surface area contributed by atoms with Gasteiger partial charge in [-0.3, -0.25) is 4.90 Å². The fourth-order valence-electron chi connectivity index (χ4n) is 2.74. The molecule has 2 aliphatic rings. The molecule has 1 aliphatic carbocycles. The number of hydrogen-bond acceptors (Lipinski definition) is 3. The Balaban J connectivity index is 1.83. The van der Waals surface area contributed by atoms with Crippen molar-refractivity contribution >= 4 is 11.3 Å². The molecule has 0 aromatic carbocycles. The molecule has 0 amide bonds. The molecule has 1 N–H and O–H groups in total. The summed E-state index contributed by atoms with van der Waals surface area (Å²) in [6, 6.07) is 3.00. The van der Waals surface area contributed by atoms with Crippen LogP contribution in [0.2, 0.25) is 0 Å². The molecule has 3 heteroatoms. The van der Waals surface area contributed by atoms with Gasteiger partial charge in [0.2, 0.25) is 0 Å². The van der Waals surface area contributed by atoms with Crippen LogP contribution in [0.15, 0.2) is 11.4 Å². The fraction of sp³-hybridized carbons (Fsp3) is 0.692. The highest BCUT2D eigenvalue weighted by Crippen LogP contribution is 2.46. The Morgan fingerprint density at radius 1 is 1.38 bits per heavy atom. The second-order valence-corrected chi connectivity index (χ2v) is 5.98. The quantitative estimate of drug-likeness (QED) is 0.867. The summed E-state index contributed by atoms with van der Waals surface area (Å²) in [6.07, 6.45) is 2.87. The van der Waals surface area contributed by atoms with Crippen molar-refractivity contribution in [3.05, 3.63) is 21.9 Å². The number of hydrogen-bond donors (Lipinski definition) is 1. The molecule has 1 saturated carbocycles. The van der Waals surface area contributed by atoms with E-state index in [9.17, 15) is 0 Å². The second kappa shape index (κ2) is 4.47. The van der Waals surface area contributed by atoms with Crippen LogP contribution in [0, 0.1) is 12.8 Å². The maximum atomic E-state index is 3.45. The van der Waals surface area contributed by atoms with E-state index in [1.807, 2.05) is 11.3 Å². The Bertz CT molecular complexity index is 351. The highest BCUT2D eigenvalue weighted by Gasteiger charge is 2.37. The zero-order valence-electron chi connectivity index (χ0n) is 9.91. The maximum Gasteiger partial charge on any atom is 0.0473 e. The van der Waals surface area contributed by atoms with Crippen LogP contribution in [0.5, 0.6) is 0 Å². The summed E-state index contributed by atoms with van der Waals surface area (Å²) in [5.74, 6) is 0.940. The molecular weight excluding hydrogens is 216 g/mol. The van der Waals surface area contributed by atoms with Gasteiger partial charge in [0.1, 0.15) is 0 Å². The van der Waals surface area contributed by atoms with Gasteiger partial charge in [0.05, 0.1) is 0 Å². The van der Waals surface area contributed by atoms with Crippen LogP contribution in [-0.4, -0.2) is 31.1 Å². The normalized spacial score (nSPS) is 24.6. The Morgan fingerprint density at radius 2 is 2.12 bits per heavy atom. The zero-order chi connectivity index (χ0) is 11.0. The van der Waals surface area contributed by atoms with E-state index in [0.29, 0.717) is 0 Å². The molecule has 16 heavy (non-hydrogen) atoms. The topological polar surface area (TPSA) is 15.3 Å². The molecule has 0 unspecified atom stereocenters. The van der Waals surface area contributed by atoms with E-state index in [2.05, 4.69) is 28.6 Å². The monoisotopic (exact) mass is 236 g/mol. The summed E-state index contributed by atoms with van der Waals surface area (Å²) in [4.78, 5) is 4.33. The van der Waals surface area contributed by atoms with Gasteiger partial charge in [-0.2, -0.15) is 0 Å². The molecule has 88 valence electrons. The number of aryl methyl sites for hydroxylation is 1. The standard InChI is InChI=1S/C13H20N2S/c1-10-4-9-16-13(10)12(11-2-3-11)15-7-5-14-6-8-15/h4,9,11-12,14H,2-3,5-8H2,1H3/t12-/m0/s1. The first-order valence-corrected chi connectivity index (χ1v) is 7.23. The van der Waals surface area contributed by atoms with E-state index in [1.54, 1.807) is 4.88 Å². The van der Waals surface area contributed by atoms with Gasteiger partial charge in [0.25, 0.3) is 0 Å². The van der Waals surface area contributed by atoms with Crippen LogP contribution in [0.1, 0.15) is 29.3 Å². The number of nitrogens with zero attached hydrogens (tertiary/aromatic N) is 1. The lowest BCUT2D eigenvalue weighted by Gasteiger charge is -2.35. The van der Waals surface area contributed by atoms with Crippen molar-refractivity contribution in [3.63, 3.8) is 0 Å². The maximum absolute atomic E-state index is 3.45. The summed E-state index contributed by atoms with van der Waals surface area (Å²) in [6.45, 7) is 7.03. The molecule has 0 radical (unpaired) electrons. The van der Waals surface area contributed by atoms with Crippen molar-refractivity contribution in [1.29, 1.82) is 0 Å². The largest absolute Gasteiger partial charge is 0.314 e. The van der Waals surface area contributed by atoms with E-state index >= 15 is 0 Å². The predicted octanol–water partition coefficient (Wildman–Crippen LogP) is 2.41. The number of nitrogens with one attached hydrogen (secondary N) is 1. The van der Waals surface area contributed by atoms with Crippen molar-refractivity contribution < 1.29 is 0 Å². The minimum absolute atomic E-state index is 0.724. The summed E-state index contributed by atoms with van der Waals surface area (Å²) in [7, 11) is 0. The van der Waals surface area contributed by atoms with Crippen molar-refractivity contribution in [2.45, 2.75) is 25.8 Å². The van der Waals surface area contributed by atoms with Gasteiger partial charge in [0.15, 0.2) is 0 Å². The Kier molecular flexibility index (Phi) is 3.01. The van der Waals surface area contributed by atoms with Crippen molar-refractivity contribution in [3.8, 4) is 0 Å². The minimum atomic E-state index is 0.724. The Hall–Kier alpha value is -0.380. The zero-order valence-corrected chi connectivity index (χ0v) is 10.7. The Morgan fingerprint density at radius 3 is 2.69 bits per heavy atom. The predicted molar refractivity (Wildman–Crippen MR) is 69.0 cm³/mol. The lowest BCUT2D eigenvalue weighted by atomic mass is 10.0. The van der Waals surface area contributed by atoms with Gasteiger partial charge in [-0.05, 0) is 42.7 Å². The van der Waals surface area contributed by atoms with Crippen LogP contribution in [0.25, 0.3) is 0 Å². The summed E-state index contributed by atoms with van der Waals surface area (Å²) in [5, 5.41) is 5.70. The number of rotatable bonds is 3. The molecule has 1 aromatic rings. The molecule has 1 saturated heterocycles. The molecule has 1 aromatic heterocycles. The van der Waals surface area contributed by atoms with Crippen LogP contribution >= 0.6 is 11.3 Å². The highest BCUT2D eigenvalue weighted by atomic mass is 32.1. The molecule has 2 fully saturated rings. The van der Waals surface area contributed by atoms with Gasteiger partial charge < -0.3 is 5.32 Å². The molecule has 0 spiro atoms. The highest BCUT2D eigenvalue weighted by molar-refractivity contribution is 7.10. The first-order valence-electron chi connectivity index (χ1n) is 6.35. The smallest absolute Gasteiger partial charge is 0.0473 e. The lowest BCUT2D eigenvalue weighted by Crippen LogP contribution is -2.45. The average Bonchev–Trinajstić information content (AvgIpc) is 3.05. The van der Waals surface area contributed by atoms with Crippen molar-refractivity contribution in [2.24, 2.45) is 5.92 Å².